The van der Waals surface area contributed by atoms with Crippen molar-refractivity contribution in [1.82, 2.24) is 0 Å². The molecule has 0 bridgehead atoms. The van der Waals surface area contributed by atoms with Crippen LogP contribution in [-0.2, 0) is 0 Å². The van der Waals surface area contributed by atoms with Crippen LogP contribution >= 0.6 is 11.3 Å². The Morgan fingerprint density at radius 1 is 1.75 bits per heavy atom. The van der Waals surface area contributed by atoms with Crippen molar-refractivity contribution in [3.05, 3.63) is 11.4 Å². The third-order valence-electron chi connectivity index (χ3n) is 0.797. The van der Waals surface area contributed by atoms with Crippen LogP contribution in [0.2, 0.25) is 0 Å². The maximum absolute atomic E-state index is 8.72. The van der Waals surface area contributed by atoms with E-state index >= 15 is 0 Å². The molecule has 0 amide bonds. The van der Waals surface area contributed by atoms with Crippen molar-refractivity contribution in [2.75, 3.05) is 7.11 Å². The van der Waals surface area contributed by atoms with Crippen LogP contribution in [0, 0.1) is 0 Å². The summed E-state index contributed by atoms with van der Waals surface area (Å²) < 4.78 is 4.79. The molecule has 8 heavy (non-hydrogen) atoms. The van der Waals surface area contributed by atoms with Gasteiger partial charge < -0.3 is 9.84 Å². The van der Waals surface area contributed by atoms with Gasteiger partial charge in [0.25, 0.3) is 0 Å². The van der Waals surface area contributed by atoms with E-state index < -0.39 is 0 Å². The molecule has 0 aliphatic rings. The van der Waals surface area contributed by atoms with Crippen LogP contribution in [-0.4, -0.2) is 12.2 Å². The van der Waals surface area contributed by atoms with Crippen molar-refractivity contribution in [1.29, 1.82) is 0 Å². The van der Waals surface area contributed by atoms with Gasteiger partial charge in [0.15, 0.2) is 5.06 Å². The summed E-state index contributed by atoms with van der Waals surface area (Å²) in [5.41, 5.74) is 0. The zero-order valence-corrected chi connectivity index (χ0v) is 5.23. The maximum Gasteiger partial charge on any atom is 0.174 e. The van der Waals surface area contributed by atoms with Gasteiger partial charge in [-0.3, -0.25) is 0 Å². The molecule has 0 unspecified atom stereocenters. The van der Waals surface area contributed by atoms with Crippen LogP contribution in [0.1, 0.15) is 0 Å². The highest BCUT2D eigenvalue weighted by atomic mass is 32.1. The summed E-state index contributed by atoms with van der Waals surface area (Å²) in [6.45, 7) is 0. The molecule has 0 aliphatic heterocycles. The van der Waals surface area contributed by atoms with E-state index in [1.54, 1.807) is 18.6 Å². The Morgan fingerprint density at radius 3 is 2.75 bits per heavy atom. The lowest BCUT2D eigenvalue weighted by Crippen LogP contribution is -1.74. The molecular weight excluding hydrogens is 124 g/mol. The second kappa shape index (κ2) is 2.05. The Hall–Kier alpha value is -0.700. The quantitative estimate of drug-likeness (QED) is 0.623. The lowest BCUT2D eigenvalue weighted by molar-refractivity contribution is 0.413. The summed E-state index contributed by atoms with van der Waals surface area (Å²) in [5, 5.41) is 10.8. The lowest BCUT2D eigenvalue weighted by atomic mass is 10.6. The first kappa shape index (κ1) is 5.44. The summed E-state index contributed by atoms with van der Waals surface area (Å²) in [6, 6.07) is 1.57. The fourth-order valence-electron chi connectivity index (χ4n) is 0.415. The molecular formula is C5H6O2S. The molecule has 0 aliphatic carbocycles. The van der Waals surface area contributed by atoms with Crippen LogP contribution in [0.15, 0.2) is 11.4 Å². The number of ether oxygens (including phenoxy) is 1. The Kier molecular flexibility index (Phi) is 1.39. The molecule has 0 atom stereocenters. The fourth-order valence-corrected chi connectivity index (χ4v) is 1.00. The second-order valence-electron chi connectivity index (χ2n) is 1.32. The monoisotopic (exact) mass is 130 g/mol. The fraction of sp³-hybridized carbons (Fsp3) is 0.200. The van der Waals surface area contributed by atoms with E-state index in [-0.39, 0.29) is 0 Å². The molecule has 0 fully saturated rings. The van der Waals surface area contributed by atoms with Crippen molar-refractivity contribution in [3.63, 3.8) is 0 Å². The predicted molar refractivity (Wildman–Crippen MR) is 32.5 cm³/mol. The molecule has 0 saturated heterocycles. The van der Waals surface area contributed by atoms with Gasteiger partial charge in [-0.05, 0) is 0 Å². The van der Waals surface area contributed by atoms with Crippen molar-refractivity contribution >= 4 is 11.3 Å². The average molecular weight is 130 g/mol. The van der Waals surface area contributed by atoms with Crippen molar-refractivity contribution in [2.24, 2.45) is 0 Å². The minimum absolute atomic E-state index is 0.293. The summed E-state index contributed by atoms with van der Waals surface area (Å²) in [7, 11) is 1.57. The minimum Gasteiger partial charge on any atom is -0.499 e. The predicted octanol–water partition coefficient (Wildman–Crippen LogP) is 1.46. The summed E-state index contributed by atoms with van der Waals surface area (Å²) in [4.78, 5) is 0. The van der Waals surface area contributed by atoms with Gasteiger partial charge in [0.05, 0.1) is 7.11 Å². The molecule has 44 valence electrons. The van der Waals surface area contributed by atoms with Crippen molar-refractivity contribution < 1.29 is 9.84 Å². The number of thiophene rings is 1. The highest BCUT2D eigenvalue weighted by Gasteiger charge is 1.93. The number of hydrogen-bond donors (Lipinski definition) is 1. The smallest absolute Gasteiger partial charge is 0.174 e. The lowest BCUT2D eigenvalue weighted by Gasteiger charge is -1.87. The molecule has 1 aromatic heterocycles. The van der Waals surface area contributed by atoms with Crippen LogP contribution in [0.5, 0.6) is 10.8 Å². The van der Waals surface area contributed by atoms with Gasteiger partial charge in [-0.1, -0.05) is 0 Å². The van der Waals surface area contributed by atoms with E-state index in [1.165, 1.54) is 11.3 Å². The Morgan fingerprint density at radius 2 is 2.50 bits per heavy atom. The molecule has 3 heteroatoms. The Bertz CT molecular complexity index is 171. The van der Waals surface area contributed by atoms with Gasteiger partial charge in [-0.25, -0.2) is 0 Å². The van der Waals surface area contributed by atoms with Crippen molar-refractivity contribution in [3.8, 4) is 10.8 Å². The normalized spacial score (nSPS) is 9.12. The maximum atomic E-state index is 8.72. The molecule has 2 nitrogen and oxygen atoms in total. The van der Waals surface area contributed by atoms with Crippen LogP contribution in [0.25, 0.3) is 0 Å². The van der Waals surface area contributed by atoms with E-state index in [9.17, 15) is 0 Å². The Balaban J connectivity index is 2.84. The number of methoxy groups -OCH3 is 1. The first-order valence-corrected chi connectivity index (χ1v) is 3.02. The van der Waals surface area contributed by atoms with E-state index in [0.717, 1.165) is 0 Å². The highest BCUT2D eigenvalue weighted by Crippen LogP contribution is 2.25. The standard InChI is InChI=1S/C5H6O2S/c1-7-4-2-5(6)8-3-4/h2-3,6H,1H3. The number of aromatic hydroxyl groups is 1. The van der Waals surface area contributed by atoms with Gasteiger partial charge >= 0.3 is 0 Å². The molecule has 1 N–H and O–H groups in total. The third-order valence-corrected chi connectivity index (χ3v) is 1.51. The van der Waals surface area contributed by atoms with Gasteiger partial charge in [-0.15, -0.1) is 11.3 Å². The van der Waals surface area contributed by atoms with Crippen LogP contribution in [0.3, 0.4) is 0 Å². The first-order valence-electron chi connectivity index (χ1n) is 2.14. The van der Waals surface area contributed by atoms with Gasteiger partial charge in [-0.2, -0.15) is 0 Å². The van der Waals surface area contributed by atoms with E-state index in [0.29, 0.717) is 10.8 Å². The zero-order valence-electron chi connectivity index (χ0n) is 4.42. The topological polar surface area (TPSA) is 29.5 Å². The van der Waals surface area contributed by atoms with E-state index in [1.807, 2.05) is 0 Å². The van der Waals surface area contributed by atoms with Gasteiger partial charge in [0, 0.05) is 11.4 Å². The third kappa shape index (κ3) is 0.924. The molecule has 0 aromatic carbocycles. The molecule has 1 heterocycles. The summed E-state index contributed by atoms with van der Waals surface area (Å²) >= 11 is 1.26. The SMILES string of the molecule is COc1csc(O)c1. The largest absolute Gasteiger partial charge is 0.499 e. The van der Waals surface area contributed by atoms with E-state index in [2.05, 4.69) is 0 Å². The molecule has 0 radical (unpaired) electrons. The second-order valence-corrected chi connectivity index (χ2v) is 2.21. The number of rotatable bonds is 1. The highest BCUT2D eigenvalue weighted by molar-refractivity contribution is 7.12. The molecule has 1 aromatic rings. The van der Waals surface area contributed by atoms with Crippen LogP contribution < -0.4 is 4.74 Å². The summed E-state index contributed by atoms with van der Waals surface area (Å²) in [6.07, 6.45) is 0. The molecule has 1 rings (SSSR count). The minimum atomic E-state index is 0.293. The van der Waals surface area contributed by atoms with E-state index in [4.69, 9.17) is 9.84 Å². The van der Waals surface area contributed by atoms with Crippen molar-refractivity contribution in [2.45, 2.75) is 0 Å². The summed E-state index contributed by atoms with van der Waals surface area (Å²) in [5.74, 6) is 0.715. The Labute approximate surface area is 51.3 Å². The number of hydrogen-bond acceptors (Lipinski definition) is 3. The molecule has 0 spiro atoms. The molecule has 0 saturated carbocycles. The van der Waals surface area contributed by atoms with Crippen LogP contribution in [0.4, 0.5) is 0 Å². The first-order chi connectivity index (χ1) is 3.83. The zero-order chi connectivity index (χ0) is 5.98. The van der Waals surface area contributed by atoms with Gasteiger partial charge in [0.1, 0.15) is 5.75 Å². The van der Waals surface area contributed by atoms with Gasteiger partial charge in [0.2, 0.25) is 0 Å². The average Bonchev–Trinajstić information content (AvgIpc) is 2.14.